The molecular weight excluding hydrogens is 354 g/mol. The number of carbonyl (C=O) groups excluding carboxylic acids is 1. The third-order valence-electron chi connectivity index (χ3n) is 4.74. The maximum Gasteiger partial charge on any atom is 0.259 e. The molecule has 2 heterocycles. The van der Waals surface area contributed by atoms with Crippen LogP contribution in [0.1, 0.15) is 21.5 Å². The van der Waals surface area contributed by atoms with Crippen molar-refractivity contribution in [1.29, 1.82) is 0 Å². The first kappa shape index (κ1) is 15.9. The van der Waals surface area contributed by atoms with Crippen LogP contribution in [-0.2, 0) is 6.42 Å². The fraction of sp³-hybridized carbons (Fsp3) is 0.0455. The molecule has 1 aliphatic carbocycles. The van der Waals surface area contributed by atoms with Crippen LogP contribution in [-0.4, -0.2) is 15.9 Å². The van der Waals surface area contributed by atoms with Crippen molar-refractivity contribution < 1.29 is 4.79 Å². The van der Waals surface area contributed by atoms with Gasteiger partial charge < -0.3 is 0 Å². The van der Waals surface area contributed by atoms with E-state index in [1.807, 2.05) is 5.38 Å². The largest absolute Gasteiger partial charge is 0.298 e. The van der Waals surface area contributed by atoms with Crippen LogP contribution in [0.25, 0.3) is 22.4 Å². The molecule has 0 fully saturated rings. The van der Waals surface area contributed by atoms with Gasteiger partial charge in [0.25, 0.3) is 5.91 Å². The Morgan fingerprint density at radius 2 is 1.89 bits per heavy atom. The molecule has 0 unspecified atom stereocenters. The summed E-state index contributed by atoms with van der Waals surface area (Å²) < 4.78 is 0. The van der Waals surface area contributed by atoms with Crippen LogP contribution in [0.2, 0.25) is 0 Å². The maximum atomic E-state index is 12.3. The number of anilines is 1. The molecule has 4 nitrogen and oxygen atoms in total. The monoisotopic (exact) mass is 369 g/mol. The van der Waals surface area contributed by atoms with Gasteiger partial charge in [0.05, 0.1) is 11.3 Å². The lowest BCUT2D eigenvalue weighted by Crippen LogP contribution is -2.11. The molecular formula is C22H15N3OS. The number of hydrogen-bond acceptors (Lipinski definition) is 4. The summed E-state index contributed by atoms with van der Waals surface area (Å²) in [6, 6.07) is 18.5. The van der Waals surface area contributed by atoms with E-state index in [4.69, 9.17) is 0 Å². The van der Waals surface area contributed by atoms with Crippen molar-refractivity contribution in [3.63, 3.8) is 0 Å². The van der Waals surface area contributed by atoms with Gasteiger partial charge in [-0.05, 0) is 46.9 Å². The highest BCUT2D eigenvalue weighted by Gasteiger charge is 2.19. The number of amides is 1. The highest BCUT2D eigenvalue weighted by Crippen LogP contribution is 2.38. The molecule has 0 radical (unpaired) electrons. The molecule has 2 aromatic carbocycles. The first-order valence-corrected chi connectivity index (χ1v) is 9.54. The van der Waals surface area contributed by atoms with E-state index in [-0.39, 0.29) is 5.91 Å². The molecule has 4 aromatic rings. The van der Waals surface area contributed by atoms with Crippen molar-refractivity contribution >= 4 is 22.4 Å². The quantitative estimate of drug-likeness (QED) is 0.485. The molecule has 5 rings (SSSR count). The molecule has 0 saturated carbocycles. The number of aromatic nitrogens is 2. The van der Waals surface area contributed by atoms with E-state index in [1.54, 1.807) is 24.5 Å². The van der Waals surface area contributed by atoms with Gasteiger partial charge in [-0.3, -0.25) is 15.1 Å². The summed E-state index contributed by atoms with van der Waals surface area (Å²) in [6.07, 6.45) is 4.14. The van der Waals surface area contributed by atoms with Gasteiger partial charge in [-0.25, -0.2) is 4.98 Å². The Bertz CT molecular complexity index is 1150. The summed E-state index contributed by atoms with van der Waals surface area (Å²) in [5, 5.41) is 5.40. The number of fused-ring (bicyclic) bond motifs is 3. The zero-order chi connectivity index (χ0) is 18.2. The SMILES string of the molecule is O=C(Nc1nc(-c2ccc3c(c2)Cc2ccccc2-3)cs1)c1cccnc1. The molecule has 0 saturated heterocycles. The highest BCUT2D eigenvalue weighted by molar-refractivity contribution is 7.14. The van der Waals surface area contributed by atoms with Crippen LogP contribution in [0, 0.1) is 0 Å². The molecule has 130 valence electrons. The lowest BCUT2D eigenvalue weighted by Gasteiger charge is -2.03. The molecule has 0 atom stereocenters. The summed E-state index contributed by atoms with van der Waals surface area (Å²) in [5.74, 6) is -0.201. The van der Waals surface area contributed by atoms with Crippen LogP contribution >= 0.6 is 11.3 Å². The third-order valence-corrected chi connectivity index (χ3v) is 5.50. The van der Waals surface area contributed by atoms with E-state index >= 15 is 0 Å². The Balaban J connectivity index is 1.39. The predicted octanol–water partition coefficient (Wildman–Crippen LogP) is 5.03. The molecule has 5 heteroatoms. The van der Waals surface area contributed by atoms with Crippen molar-refractivity contribution in [3.8, 4) is 22.4 Å². The lowest BCUT2D eigenvalue weighted by atomic mass is 10.0. The molecule has 0 bridgehead atoms. The molecule has 0 aliphatic heterocycles. The van der Waals surface area contributed by atoms with Crippen molar-refractivity contribution in [2.45, 2.75) is 6.42 Å². The lowest BCUT2D eigenvalue weighted by molar-refractivity contribution is 0.102. The average molecular weight is 369 g/mol. The third kappa shape index (κ3) is 2.92. The van der Waals surface area contributed by atoms with Gasteiger partial charge in [-0.1, -0.05) is 36.4 Å². The van der Waals surface area contributed by atoms with Gasteiger partial charge in [0.15, 0.2) is 5.13 Å². The number of carbonyl (C=O) groups is 1. The van der Waals surface area contributed by atoms with E-state index in [0.29, 0.717) is 10.7 Å². The number of nitrogens with one attached hydrogen (secondary N) is 1. The van der Waals surface area contributed by atoms with E-state index in [2.05, 4.69) is 57.7 Å². The van der Waals surface area contributed by atoms with Gasteiger partial charge in [0, 0.05) is 23.3 Å². The van der Waals surface area contributed by atoms with E-state index in [1.165, 1.54) is 33.6 Å². The van der Waals surface area contributed by atoms with Crippen molar-refractivity contribution in [2.24, 2.45) is 0 Å². The Hall–Kier alpha value is -3.31. The Morgan fingerprint density at radius 1 is 1.00 bits per heavy atom. The number of benzene rings is 2. The normalized spacial score (nSPS) is 11.7. The van der Waals surface area contributed by atoms with Gasteiger partial charge in [0.1, 0.15) is 0 Å². The first-order chi connectivity index (χ1) is 13.3. The van der Waals surface area contributed by atoms with Crippen molar-refractivity contribution in [1.82, 2.24) is 9.97 Å². The molecule has 0 spiro atoms. The van der Waals surface area contributed by atoms with Crippen LogP contribution in [0.4, 0.5) is 5.13 Å². The Kier molecular flexibility index (Phi) is 3.80. The second-order valence-electron chi connectivity index (χ2n) is 6.44. The number of thiazole rings is 1. The molecule has 1 N–H and O–H groups in total. The summed E-state index contributed by atoms with van der Waals surface area (Å²) in [6.45, 7) is 0. The molecule has 1 amide bonds. The summed E-state index contributed by atoms with van der Waals surface area (Å²) in [7, 11) is 0. The van der Waals surface area contributed by atoms with Crippen LogP contribution < -0.4 is 5.32 Å². The number of nitrogens with zero attached hydrogens (tertiary/aromatic N) is 2. The number of hydrogen-bond donors (Lipinski definition) is 1. The average Bonchev–Trinajstić information content (AvgIpc) is 3.32. The maximum absolute atomic E-state index is 12.3. The van der Waals surface area contributed by atoms with Crippen LogP contribution in [0.15, 0.2) is 72.4 Å². The number of pyridine rings is 1. The second-order valence-corrected chi connectivity index (χ2v) is 7.30. The Morgan fingerprint density at radius 3 is 2.78 bits per heavy atom. The smallest absolute Gasteiger partial charge is 0.259 e. The van der Waals surface area contributed by atoms with Gasteiger partial charge in [-0.2, -0.15) is 0 Å². The minimum atomic E-state index is -0.201. The van der Waals surface area contributed by atoms with Gasteiger partial charge in [-0.15, -0.1) is 11.3 Å². The predicted molar refractivity (Wildman–Crippen MR) is 108 cm³/mol. The summed E-state index contributed by atoms with van der Waals surface area (Å²) in [4.78, 5) is 20.8. The van der Waals surface area contributed by atoms with E-state index in [9.17, 15) is 4.79 Å². The van der Waals surface area contributed by atoms with Crippen LogP contribution in [0.5, 0.6) is 0 Å². The fourth-order valence-corrected chi connectivity index (χ4v) is 4.15. The first-order valence-electron chi connectivity index (χ1n) is 8.66. The minimum absolute atomic E-state index is 0.201. The van der Waals surface area contributed by atoms with Crippen molar-refractivity contribution in [3.05, 3.63) is 89.1 Å². The second kappa shape index (κ2) is 6.45. The highest BCUT2D eigenvalue weighted by atomic mass is 32.1. The standard InChI is InChI=1S/C22H15N3OS/c26-21(16-5-3-9-23-12-16)25-22-24-20(13-27-22)15-7-8-19-17(11-15)10-14-4-1-2-6-18(14)19/h1-9,11-13H,10H2,(H,24,25,26). The van der Waals surface area contributed by atoms with Crippen LogP contribution in [0.3, 0.4) is 0 Å². The van der Waals surface area contributed by atoms with Gasteiger partial charge in [0.2, 0.25) is 0 Å². The van der Waals surface area contributed by atoms with E-state index in [0.717, 1.165) is 17.7 Å². The van der Waals surface area contributed by atoms with E-state index < -0.39 is 0 Å². The zero-order valence-electron chi connectivity index (χ0n) is 14.3. The number of rotatable bonds is 3. The zero-order valence-corrected chi connectivity index (χ0v) is 15.2. The minimum Gasteiger partial charge on any atom is -0.298 e. The molecule has 1 aliphatic rings. The van der Waals surface area contributed by atoms with Gasteiger partial charge >= 0.3 is 0 Å². The summed E-state index contributed by atoms with van der Waals surface area (Å²) >= 11 is 1.42. The molecule has 27 heavy (non-hydrogen) atoms. The topological polar surface area (TPSA) is 54.9 Å². The Labute approximate surface area is 160 Å². The fourth-order valence-electron chi connectivity index (χ4n) is 3.43. The summed E-state index contributed by atoms with van der Waals surface area (Å²) in [5.41, 5.74) is 7.77. The van der Waals surface area contributed by atoms with Crippen molar-refractivity contribution in [2.75, 3.05) is 5.32 Å². The molecule has 2 aromatic heterocycles.